The zero-order chi connectivity index (χ0) is 12.3. The lowest BCUT2D eigenvalue weighted by molar-refractivity contribution is 0.101. The Morgan fingerprint density at radius 2 is 2.00 bits per heavy atom. The van der Waals surface area contributed by atoms with Crippen molar-refractivity contribution in [2.45, 2.75) is 38.3 Å². The first-order valence-corrected chi connectivity index (χ1v) is 6.61. The Kier molecular flexibility index (Phi) is 4.19. The summed E-state index contributed by atoms with van der Waals surface area (Å²) in [7, 11) is 1.95. The second-order valence-electron chi connectivity index (χ2n) is 5.30. The third-order valence-electron chi connectivity index (χ3n) is 4.12. The molecule has 1 fully saturated rings. The van der Waals surface area contributed by atoms with Crippen LogP contribution in [0.4, 0.5) is 0 Å². The maximum Gasteiger partial charge on any atom is 0.0724 e. The van der Waals surface area contributed by atoms with Gasteiger partial charge in [0.25, 0.3) is 0 Å². The van der Waals surface area contributed by atoms with E-state index < -0.39 is 0 Å². The van der Waals surface area contributed by atoms with Gasteiger partial charge in [0.1, 0.15) is 0 Å². The third kappa shape index (κ3) is 2.88. The SMILES string of the molecule is CNC1C(O)[C@H](CCc2ccccc2)C[C@@H]1C. The van der Waals surface area contributed by atoms with Gasteiger partial charge in [-0.3, -0.25) is 0 Å². The van der Waals surface area contributed by atoms with E-state index in [1.807, 2.05) is 13.1 Å². The van der Waals surface area contributed by atoms with Crippen LogP contribution in [-0.4, -0.2) is 24.3 Å². The lowest BCUT2D eigenvalue weighted by Crippen LogP contribution is -2.38. The van der Waals surface area contributed by atoms with Crippen molar-refractivity contribution in [3.05, 3.63) is 35.9 Å². The minimum absolute atomic E-state index is 0.182. The molecule has 0 aromatic heterocycles. The maximum atomic E-state index is 10.2. The lowest BCUT2D eigenvalue weighted by atomic mass is 9.96. The predicted octanol–water partition coefficient (Wildman–Crippen LogP) is 2.22. The summed E-state index contributed by atoms with van der Waals surface area (Å²) in [6.45, 7) is 2.23. The van der Waals surface area contributed by atoms with Crippen molar-refractivity contribution in [1.29, 1.82) is 0 Å². The molecule has 0 saturated heterocycles. The fourth-order valence-corrected chi connectivity index (χ4v) is 3.13. The van der Waals surface area contributed by atoms with E-state index in [0.717, 1.165) is 19.3 Å². The van der Waals surface area contributed by atoms with Crippen LogP contribution < -0.4 is 5.32 Å². The Labute approximate surface area is 104 Å². The maximum absolute atomic E-state index is 10.2. The molecule has 0 bridgehead atoms. The number of aliphatic hydroxyl groups is 1. The Hall–Kier alpha value is -0.860. The fraction of sp³-hybridized carbons (Fsp3) is 0.600. The molecule has 0 radical (unpaired) electrons. The molecule has 4 atom stereocenters. The van der Waals surface area contributed by atoms with Gasteiger partial charge in [0, 0.05) is 6.04 Å². The predicted molar refractivity (Wildman–Crippen MR) is 70.9 cm³/mol. The third-order valence-corrected chi connectivity index (χ3v) is 4.12. The lowest BCUT2D eigenvalue weighted by Gasteiger charge is -2.20. The van der Waals surface area contributed by atoms with E-state index in [0.29, 0.717) is 11.8 Å². The summed E-state index contributed by atoms with van der Waals surface area (Å²) in [6.07, 6.45) is 3.12. The van der Waals surface area contributed by atoms with Crippen LogP contribution in [-0.2, 0) is 6.42 Å². The van der Waals surface area contributed by atoms with Crippen molar-refractivity contribution in [1.82, 2.24) is 5.32 Å². The van der Waals surface area contributed by atoms with Crippen molar-refractivity contribution in [3.8, 4) is 0 Å². The number of likely N-dealkylation sites (N-methyl/N-ethyl adjacent to an activating group) is 1. The van der Waals surface area contributed by atoms with Gasteiger partial charge in [0.2, 0.25) is 0 Å². The zero-order valence-corrected chi connectivity index (χ0v) is 10.8. The smallest absolute Gasteiger partial charge is 0.0724 e. The monoisotopic (exact) mass is 233 g/mol. The molecule has 2 heteroatoms. The minimum atomic E-state index is -0.182. The molecule has 0 heterocycles. The van der Waals surface area contributed by atoms with Crippen molar-refractivity contribution in [3.63, 3.8) is 0 Å². The molecule has 2 nitrogen and oxygen atoms in total. The molecule has 94 valence electrons. The Morgan fingerprint density at radius 3 is 2.59 bits per heavy atom. The largest absolute Gasteiger partial charge is 0.391 e. The van der Waals surface area contributed by atoms with Gasteiger partial charge in [-0.05, 0) is 43.7 Å². The summed E-state index contributed by atoms with van der Waals surface area (Å²) in [6, 6.07) is 10.8. The molecule has 0 aliphatic heterocycles. The van der Waals surface area contributed by atoms with E-state index in [1.54, 1.807) is 0 Å². The molecule has 2 unspecified atom stereocenters. The van der Waals surface area contributed by atoms with E-state index in [2.05, 4.69) is 36.5 Å². The van der Waals surface area contributed by atoms with Gasteiger partial charge in [-0.25, -0.2) is 0 Å². The molecule has 1 aliphatic rings. The number of rotatable bonds is 4. The molecule has 1 aromatic rings. The number of nitrogens with one attached hydrogen (secondary N) is 1. The molecular formula is C15H23NO. The Balaban J connectivity index is 1.88. The average molecular weight is 233 g/mol. The van der Waals surface area contributed by atoms with Crippen molar-refractivity contribution in [2.75, 3.05) is 7.05 Å². The van der Waals surface area contributed by atoms with Gasteiger partial charge < -0.3 is 10.4 Å². The molecule has 2 rings (SSSR count). The second-order valence-corrected chi connectivity index (χ2v) is 5.30. The Morgan fingerprint density at radius 1 is 1.29 bits per heavy atom. The molecule has 1 saturated carbocycles. The minimum Gasteiger partial charge on any atom is -0.391 e. The highest BCUT2D eigenvalue weighted by atomic mass is 16.3. The van der Waals surface area contributed by atoms with Gasteiger partial charge in [-0.1, -0.05) is 37.3 Å². The van der Waals surface area contributed by atoms with Crippen LogP contribution in [0, 0.1) is 11.8 Å². The molecule has 2 N–H and O–H groups in total. The van der Waals surface area contributed by atoms with E-state index in [9.17, 15) is 5.11 Å². The van der Waals surface area contributed by atoms with Gasteiger partial charge in [0.05, 0.1) is 6.10 Å². The van der Waals surface area contributed by atoms with Gasteiger partial charge >= 0.3 is 0 Å². The molecule has 17 heavy (non-hydrogen) atoms. The van der Waals surface area contributed by atoms with Crippen LogP contribution in [0.2, 0.25) is 0 Å². The van der Waals surface area contributed by atoms with Crippen LogP contribution in [0.3, 0.4) is 0 Å². The first-order valence-electron chi connectivity index (χ1n) is 6.61. The highest BCUT2D eigenvalue weighted by Crippen LogP contribution is 2.34. The summed E-state index contributed by atoms with van der Waals surface area (Å²) in [5.74, 6) is 1.03. The van der Waals surface area contributed by atoms with Gasteiger partial charge in [-0.2, -0.15) is 0 Å². The van der Waals surface area contributed by atoms with Crippen molar-refractivity contribution in [2.24, 2.45) is 11.8 Å². The quantitative estimate of drug-likeness (QED) is 0.836. The zero-order valence-electron chi connectivity index (χ0n) is 10.8. The number of aliphatic hydroxyl groups excluding tert-OH is 1. The first kappa shape index (κ1) is 12.6. The van der Waals surface area contributed by atoms with E-state index >= 15 is 0 Å². The van der Waals surface area contributed by atoms with Crippen molar-refractivity contribution < 1.29 is 5.11 Å². The first-order chi connectivity index (χ1) is 8.22. The fourth-order valence-electron chi connectivity index (χ4n) is 3.13. The van der Waals surface area contributed by atoms with Crippen LogP contribution in [0.1, 0.15) is 25.3 Å². The highest BCUT2D eigenvalue weighted by Gasteiger charge is 2.38. The van der Waals surface area contributed by atoms with Crippen LogP contribution in [0.15, 0.2) is 30.3 Å². The summed E-state index contributed by atoms with van der Waals surface area (Å²) < 4.78 is 0. The summed E-state index contributed by atoms with van der Waals surface area (Å²) in [5, 5.41) is 13.5. The van der Waals surface area contributed by atoms with E-state index in [-0.39, 0.29) is 12.1 Å². The summed E-state index contributed by atoms with van der Waals surface area (Å²) >= 11 is 0. The highest BCUT2D eigenvalue weighted by molar-refractivity contribution is 5.15. The van der Waals surface area contributed by atoms with Gasteiger partial charge in [-0.15, -0.1) is 0 Å². The second kappa shape index (κ2) is 5.65. The molecule has 0 spiro atoms. The Bertz CT molecular complexity index is 338. The van der Waals surface area contributed by atoms with E-state index in [4.69, 9.17) is 0 Å². The van der Waals surface area contributed by atoms with Crippen LogP contribution in [0.5, 0.6) is 0 Å². The van der Waals surface area contributed by atoms with Crippen LogP contribution >= 0.6 is 0 Å². The standard InChI is InChI=1S/C15H23NO/c1-11-10-13(15(17)14(11)16-2)9-8-12-6-4-3-5-7-12/h3-7,11,13-17H,8-10H2,1-2H3/t11-,13+,14?,15?/m0/s1. The normalized spacial score (nSPS) is 32.9. The van der Waals surface area contributed by atoms with Crippen molar-refractivity contribution >= 4 is 0 Å². The number of hydrogen-bond donors (Lipinski definition) is 2. The number of hydrogen-bond acceptors (Lipinski definition) is 2. The van der Waals surface area contributed by atoms with E-state index in [1.165, 1.54) is 5.56 Å². The molecule has 0 amide bonds. The summed E-state index contributed by atoms with van der Waals surface area (Å²) in [4.78, 5) is 0. The topological polar surface area (TPSA) is 32.3 Å². The van der Waals surface area contributed by atoms with Gasteiger partial charge in [0.15, 0.2) is 0 Å². The van der Waals surface area contributed by atoms with Crippen LogP contribution in [0.25, 0.3) is 0 Å². The number of aryl methyl sites for hydroxylation is 1. The molecule has 1 aromatic carbocycles. The molecule has 1 aliphatic carbocycles. The average Bonchev–Trinajstić information content (AvgIpc) is 2.63. The molecular weight excluding hydrogens is 210 g/mol. The number of benzene rings is 1. The summed E-state index contributed by atoms with van der Waals surface area (Å²) in [5.41, 5.74) is 1.38.